The SMILES string of the molecule is C#CCNC(=O)C(C)NCc1cc(Br)cs1. The van der Waals surface area contributed by atoms with E-state index < -0.39 is 0 Å². The summed E-state index contributed by atoms with van der Waals surface area (Å²) in [6.07, 6.45) is 5.06. The van der Waals surface area contributed by atoms with Crippen molar-refractivity contribution in [3.05, 3.63) is 20.8 Å². The minimum atomic E-state index is -0.241. The molecule has 1 heterocycles. The highest BCUT2D eigenvalue weighted by Crippen LogP contribution is 2.19. The maximum Gasteiger partial charge on any atom is 0.237 e. The van der Waals surface area contributed by atoms with Crippen LogP contribution in [0.25, 0.3) is 0 Å². The van der Waals surface area contributed by atoms with Crippen LogP contribution in [-0.2, 0) is 11.3 Å². The summed E-state index contributed by atoms with van der Waals surface area (Å²) in [5.41, 5.74) is 0. The zero-order valence-electron chi connectivity index (χ0n) is 8.92. The van der Waals surface area contributed by atoms with Gasteiger partial charge in [0.15, 0.2) is 0 Å². The minimum absolute atomic E-state index is 0.0754. The molecule has 0 spiro atoms. The summed E-state index contributed by atoms with van der Waals surface area (Å²) in [4.78, 5) is 12.6. The van der Waals surface area contributed by atoms with Gasteiger partial charge in [-0.05, 0) is 28.9 Å². The van der Waals surface area contributed by atoms with Crippen LogP contribution in [0, 0.1) is 12.3 Å². The van der Waals surface area contributed by atoms with Gasteiger partial charge in [0.2, 0.25) is 5.91 Å². The van der Waals surface area contributed by atoms with E-state index in [1.165, 1.54) is 4.88 Å². The first-order valence-corrected chi connectivity index (χ1v) is 6.48. The molecule has 3 nitrogen and oxygen atoms in total. The van der Waals surface area contributed by atoms with Crippen LogP contribution in [0.15, 0.2) is 15.9 Å². The molecule has 16 heavy (non-hydrogen) atoms. The number of thiophene rings is 1. The van der Waals surface area contributed by atoms with Crippen LogP contribution in [0.2, 0.25) is 0 Å². The van der Waals surface area contributed by atoms with Crippen LogP contribution >= 0.6 is 27.3 Å². The molecule has 0 fully saturated rings. The van der Waals surface area contributed by atoms with Gasteiger partial charge in [-0.2, -0.15) is 0 Å². The highest BCUT2D eigenvalue weighted by molar-refractivity contribution is 9.10. The Hall–Kier alpha value is -0.830. The van der Waals surface area contributed by atoms with E-state index in [9.17, 15) is 4.79 Å². The maximum atomic E-state index is 11.5. The Bertz CT molecular complexity index is 397. The Morgan fingerprint density at radius 1 is 1.75 bits per heavy atom. The highest BCUT2D eigenvalue weighted by Gasteiger charge is 2.11. The van der Waals surface area contributed by atoms with Crippen LogP contribution in [0.1, 0.15) is 11.8 Å². The van der Waals surface area contributed by atoms with Crippen molar-refractivity contribution in [3.8, 4) is 12.3 Å². The molecule has 0 radical (unpaired) electrons. The molecule has 0 aliphatic rings. The van der Waals surface area contributed by atoms with Crippen molar-refractivity contribution in [2.24, 2.45) is 0 Å². The summed E-state index contributed by atoms with van der Waals surface area (Å²) >= 11 is 5.03. The fraction of sp³-hybridized carbons (Fsp3) is 0.364. The van der Waals surface area contributed by atoms with Gasteiger partial charge in [-0.3, -0.25) is 4.79 Å². The predicted octanol–water partition coefficient (Wildman–Crippen LogP) is 1.74. The summed E-state index contributed by atoms with van der Waals surface area (Å²) in [7, 11) is 0. The van der Waals surface area contributed by atoms with E-state index in [0.717, 1.165) is 4.47 Å². The van der Waals surface area contributed by atoms with Gasteiger partial charge >= 0.3 is 0 Å². The van der Waals surface area contributed by atoms with E-state index in [0.29, 0.717) is 6.54 Å². The largest absolute Gasteiger partial charge is 0.344 e. The third-order valence-electron chi connectivity index (χ3n) is 1.96. The van der Waals surface area contributed by atoms with Crippen molar-refractivity contribution in [1.29, 1.82) is 0 Å². The fourth-order valence-corrected chi connectivity index (χ4v) is 2.49. The maximum absolute atomic E-state index is 11.5. The zero-order valence-corrected chi connectivity index (χ0v) is 11.3. The van der Waals surface area contributed by atoms with E-state index >= 15 is 0 Å². The molecule has 0 aromatic carbocycles. The van der Waals surface area contributed by atoms with Gasteiger partial charge in [0, 0.05) is 21.3 Å². The Morgan fingerprint density at radius 3 is 3.06 bits per heavy atom. The van der Waals surface area contributed by atoms with Crippen molar-refractivity contribution in [2.75, 3.05) is 6.54 Å². The van der Waals surface area contributed by atoms with Crippen molar-refractivity contribution in [1.82, 2.24) is 10.6 Å². The first-order valence-electron chi connectivity index (χ1n) is 4.81. The number of amides is 1. The zero-order chi connectivity index (χ0) is 12.0. The van der Waals surface area contributed by atoms with Gasteiger partial charge in [0.25, 0.3) is 0 Å². The standard InChI is InChI=1S/C11H13BrN2OS/c1-3-4-13-11(15)8(2)14-6-10-5-9(12)7-16-10/h1,5,7-8,14H,4,6H2,2H3,(H,13,15). The average molecular weight is 301 g/mol. The van der Waals surface area contributed by atoms with Gasteiger partial charge in [-0.25, -0.2) is 0 Å². The number of carbonyl (C=O) groups is 1. The molecule has 0 saturated carbocycles. The molecule has 1 unspecified atom stereocenters. The second-order valence-electron chi connectivity index (χ2n) is 3.26. The Morgan fingerprint density at radius 2 is 2.50 bits per heavy atom. The number of halogens is 1. The summed E-state index contributed by atoms with van der Waals surface area (Å²) in [5.74, 6) is 2.29. The quantitative estimate of drug-likeness (QED) is 0.813. The van der Waals surface area contributed by atoms with Gasteiger partial charge in [0.05, 0.1) is 12.6 Å². The number of hydrogen-bond donors (Lipinski definition) is 2. The van der Waals surface area contributed by atoms with Crippen molar-refractivity contribution >= 4 is 33.2 Å². The number of rotatable bonds is 5. The molecule has 5 heteroatoms. The lowest BCUT2D eigenvalue weighted by molar-refractivity contribution is -0.122. The lowest BCUT2D eigenvalue weighted by atomic mass is 10.3. The highest BCUT2D eigenvalue weighted by atomic mass is 79.9. The molecule has 1 rings (SSSR count). The summed E-state index contributed by atoms with van der Waals surface area (Å²) in [6.45, 7) is 2.77. The number of terminal acetylenes is 1. The summed E-state index contributed by atoms with van der Waals surface area (Å²) in [6, 6.07) is 1.79. The normalized spacial score (nSPS) is 11.8. The minimum Gasteiger partial charge on any atom is -0.344 e. The van der Waals surface area contributed by atoms with Crippen LogP contribution in [0.3, 0.4) is 0 Å². The second-order valence-corrected chi connectivity index (χ2v) is 5.17. The molecule has 1 aromatic heterocycles. The first-order chi connectivity index (χ1) is 7.63. The Kier molecular flexibility index (Phi) is 5.53. The molecule has 0 aliphatic heterocycles. The van der Waals surface area contributed by atoms with E-state index in [1.54, 1.807) is 11.3 Å². The molecular formula is C11H13BrN2OS. The van der Waals surface area contributed by atoms with E-state index in [2.05, 4.69) is 32.5 Å². The summed E-state index contributed by atoms with van der Waals surface area (Å²) in [5, 5.41) is 7.77. The third-order valence-corrected chi connectivity index (χ3v) is 3.66. The van der Waals surface area contributed by atoms with Crippen molar-refractivity contribution in [3.63, 3.8) is 0 Å². The van der Waals surface area contributed by atoms with Crippen LogP contribution in [0.5, 0.6) is 0 Å². The number of hydrogen-bond acceptors (Lipinski definition) is 3. The molecule has 1 aromatic rings. The van der Waals surface area contributed by atoms with Crippen molar-refractivity contribution in [2.45, 2.75) is 19.5 Å². The Labute approximate surface area is 108 Å². The summed E-state index contributed by atoms with van der Waals surface area (Å²) < 4.78 is 1.07. The number of carbonyl (C=O) groups excluding carboxylic acids is 1. The van der Waals surface area contributed by atoms with E-state index in [-0.39, 0.29) is 18.5 Å². The monoisotopic (exact) mass is 300 g/mol. The molecule has 2 N–H and O–H groups in total. The molecule has 0 saturated heterocycles. The predicted molar refractivity (Wildman–Crippen MR) is 70.2 cm³/mol. The smallest absolute Gasteiger partial charge is 0.237 e. The molecule has 0 aliphatic carbocycles. The molecule has 1 amide bonds. The average Bonchev–Trinajstić information content (AvgIpc) is 2.68. The van der Waals surface area contributed by atoms with Crippen LogP contribution < -0.4 is 10.6 Å². The van der Waals surface area contributed by atoms with E-state index in [1.807, 2.05) is 18.4 Å². The van der Waals surface area contributed by atoms with Gasteiger partial charge in [-0.15, -0.1) is 17.8 Å². The third kappa shape index (κ3) is 4.35. The lowest BCUT2D eigenvalue weighted by Crippen LogP contribution is -2.41. The topological polar surface area (TPSA) is 41.1 Å². The second kappa shape index (κ2) is 6.69. The first kappa shape index (κ1) is 13.2. The van der Waals surface area contributed by atoms with Gasteiger partial charge < -0.3 is 10.6 Å². The van der Waals surface area contributed by atoms with Gasteiger partial charge in [-0.1, -0.05) is 5.92 Å². The molecule has 0 bridgehead atoms. The lowest BCUT2D eigenvalue weighted by Gasteiger charge is -2.11. The number of nitrogens with one attached hydrogen (secondary N) is 2. The molecular weight excluding hydrogens is 288 g/mol. The Balaban J connectivity index is 2.32. The van der Waals surface area contributed by atoms with Crippen LogP contribution in [0.4, 0.5) is 0 Å². The van der Waals surface area contributed by atoms with E-state index in [4.69, 9.17) is 6.42 Å². The van der Waals surface area contributed by atoms with Crippen LogP contribution in [-0.4, -0.2) is 18.5 Å². The fourth-order valence-electron chi connectivity index (χ4n) is 1.08. The molecule has 1 atom stereocenters. The van der Waals surface area contributed by atoms with Crippen molar-refractivity contribution < 1.29 is 4.79 Å². The molecule has 86 valence electrons. The van der Waals surface area contributed by atoms with Gasteiger partial charge in [0.1, 0.15) is 0 Å².